The lowest BCUT2D eigenvalue weighted by Gasteiger charge is -2.57. The van der Waals surface area contributed by atoms with Gasteiger partial charge in [0.15, 0.2) is 0 Å². The predicted molar refractivity (Wildman–Crippen MR) is 112 cm³/mol. The Kier molecular flexibility index (Phi) is 4.39. The fraction of sp³-hybridized carbons (Fsp3) is 0.423. The first-order valence-corrected chi connectivity index (χ1v) is 10.6. The van der Waals surface area contributed by atoms with Gasteiger partial charge < -0.3 is 9.84 Å². The third-order valence-corrected chi connectivity index (χ3v) is 7.29. The van der Waals surface area contributed by atoms with Crippen LogP contribution in [0.25, 0.3) is 0 Å². The first-order valence-electron chi connectivity index (χ1n) is 10.6. The molecule has 4 fully saturated rings. The summed E-state index contributed by atoms with van der Waals surface area (Å²) in [4.78, 5) is 12.1. The molecular weight excluding hydrogens is 360 g/mol. The van der Waals surface area contributed by atoms with Gasteiger partial charge in [-0.2, -0.15) is 0 Å². The van der Waals surface area contributed by atoms with E-state index in [1.807, 2.05) is 36.4 Å². The largest absolute Gasteiger partial charge is 0.496 e. The third kappa shape index (κ3) is 3.12. The molecular formula is C26H26O3. The number of carboxylic acids is 1. The Bertz CT molecular complexity index is 974. The lowest BCUT2D eigenvalue weighted by Crippen LogP contribution is -2.49. The van der Waals surface area contributed by atoms with Gasteiger partial charge in [-0.3, -0.25) is 0 Å². The molecule has 0 aliphatic heterocycles. The number of aromatic carboxylic acids is 1. The van der Waals surface area contributed by atoms with Gasteiger partial charge in [0.1, 0.15) is 5.75 Å². The molecule has 2 aromatic carbocycles. The normalized spacial score (nSPS) is 29.2. The molecule has 0 radical (unpaired) electrons. The van der Waals surface area contributed by atoms with Gasteiger partial charge in [-0.1, -0.05) is 30.0 Å². The van der Waals surface area contributed by atoms with Crippen molar-refractivity contribution in [1.29, 1.82) is 0 Å². The zero-order valence-electron chi connectivity index (χ0n) is 16.8. The fourth-order valence-electron chi connectivity index (χ4n) is 6.66. The van der Waals surface area contributed by atoms with Crippen LogP contribution >= 0.6 is 0 Å². The molecule has 1 N–H and O–H groups in total. The Morgan fingerprint density at radius 3 is 2.14 bits per heavy atom. The van der Waals surface area contributed by atoms with E-state index in [0.29, 0.717) is 11.1 Å². The molecule has 0 amide bonds. The van der Waals surface area contributed by atoms with E-state index in [0.717, 1.165) is 53.9 Å². The van der Waals surface area contributed by atoms with Crippen molar-refractivity contribution < 1.29 is 14.6 Å². The number of carbonyl (C=O) groups is 1. The van der Waals surface area contributed by atoms with Gasteiger partial charge in [-0.25, -0.2) is 4.79 Å². The maximum atomic E-state index is 12.1. The minimum absolute atomic E-state index is 0.00620. The van der Waals surface area contributed by atoms with Crippen molar-refractivity contribution in [3.63, 3.8) is 0 Å². The van der Waals surface area contributed by atoms with Crippen molar-refractivity contribution in [3.8, 4) is 17.6 Å². The zero-order valence-corrected chi connectivity index (χ0v) is 16.8. The smallest absolute Gasteiger partial charge is 0.336 e. The molecule has 0 heterocycles. The molecule has 0 saturated heterocycles. The summed E-state index contributed by atoms with van der Waals surface area (Å²) in [7, 11) is 1.69. The number of rotatable bonds is 3. The maximum Gasteiger partial charge on any atom is 0.336 e. The molecule has 0 unspecified atom stereocenters. The average molecular weight is 386 g/mol. The second-order valence-electron chi connectivity index (χ2n) is 9.18. The number of hydrogen-bond donors (Lipinski definition) is 1. The molecule has 6 rings (SSSR count). The van der Waals surface area contributed by atoms with Gasteiger partial charge in [0.25, 0.3) is 0 Å². The number of hydrogen-bond acceptors (Lipinski definition) is 2. The van der Waals surface area contributed by atoms with Gasteiger partial charge in [0.05, 0.1) is 12.7 Å². The molecule has 4 aliphatic rings. The highest BCUT2D eigenvalue weighted by Gasteiger charge is 2.53. The Hall–Kier alpha value is -2.73. The molecule has 0 spiro atoms. The zero-order chi connectivity index (χ0) is 20.0. The lowest BCUT2D eigenvalue weighted by molar-refractivity contribution is -0.00630. The number of ether oxygens (including phenoxy) is 1. The van der Waals surface area contributed by atoms with E-state index >= 15 is 0 Å². The van der Waals surface area contributed by atoms with Crippen molar-refractivity contribution in [2.45, 2.75) is 43.9 Å². The summed E-state index contributed by atoms with van der Waals surface area (Å²) in [6, 6.07) is 13.3. The highest BCUT2D eigenvalue weighted by molar-refractivity contribution is 5.92. The van der Waals surface area contributed by atoms with Crippen molar-refractivity contribution in [3.05, 3.63) is 64.7 Å². The summed E-state index contributed by atoms with van der Waals surface area (Å²) in [6.07, 6.45) is 7.43. The van der Waals surface area contributed by atoms with Crippen molar-refractivity contribution in [2.24, 2.45) is 17.8 Å². The average Bonchev–Trinajstić information content (AvgIpc) is 2.71. The highest BCUT2D eigenvalue weighted by atomic mass is 16.5. The van der Waals surface area contributed by atoms with Gasteiger partial charge in [-0.15, -0.1) is 0 Å². The Labute approximate surface area is 172 Å². The standard InChI is InChI=1S/C26H26O3/c1-29-23-10-9-22(25(27)28)21(8-7-17-5-3-2-4-6-17)24(23)26-14-18-11-19(15-26)13-20(12-18)16-26/h2-6,9-10,18-20H,11-16H2,1H3,(H,27,28). The molecule has 4 aliphatic carbocycles. The topological polar surface area (TPSA) is 46.5 Å². The van der Waals surface area contributed by atoms with E-state index in [1.54, 1.807) is 13.2 Å². The van der Waals surface area contributed by atoms with Crippen molar-refractivity contribution in [1.82, 2.24) is 0 Å². The molecule has 0 atom stereocenters. The summed E-state index contributed by atoms with van der Waals surface area (Å²) >= 11 is 0. The second-order valence-corrected chi connectivity index (χ2v) is 9.18. The third-order valence-electron chi connectivity index (χ3n) is 7.29. The van der Waals surface area contributed by atoms with Gasteiger partial charge >= 0.3 is 5.97 Å². The van der Waals surface area contributed by atoms with E-state index in [-0.39, 0.29) is 5.41 Å². The Morgan fingerprint density at radius 2 is 1.59 bits per heavy atom. The summed E-state index contributed by atoms with van der Waals surface area (Å²) in [5.41, 5.74) is 2.90. The molecule has 4 saturated carbocycles. The number of carboxylic acid groups (broad SMARTS) is 1. The Balaban J connectivity index is 1.71. The molecule has 0 aromatic heterocycles. The van der Waals surface area contributed by atoms with Gasteiger partial charge in [0, 0.05) is 22.1 Å². The van der Waals surface area contributed by atoms with Crippen LogP contribution < -0.4 is 4.74 Å². The molecule has 2 aromatic rings. The van der Waals surface area contributed by atoms with E-state index in [1.165, 1.54) is 19.3 Å². The number of methoxy groups -OCH3 is 1. The summed E-state index contributed by atoms with van der Waals surface area (Å²) < 4.78 is 5.80. The van der Waals surface area contributed by atoms with Crippen molar-refractivity contribution >= 4 is 5.97 Å². The van der Waals surface area contributed by atoms with Crippen LogP contribution in [-0.2, 0) is 5.41 Å². The lowest BCUT2D eigenvalue weighted by atomic mass is 9.47. The molecule has 3 heteroatoms. The molecule has 148 valence electrons. The van der Waals surface area contributed by atoms with Crippen LogP contribution in [0.3, 0.4) is 0 Å². The van der Waals surface area contributed by atoms with Crippen LogP contribution in [0.5, 0.6) is 5.75 Å². The van der Waals surface area contributed by atoms with Gasteiger partial charge in [-0.05, 0) is 80.5 Å². The van der Waals surface area contributed by atoms with E-state index in [4.69, 9.17) is 4.74 Å². The van der Waals surface area contributed by atoms with Gasteiger partial charge in [0.2, 0.25) is 0 Å². The summed E-state index contributed by atoms with van der Waals surface area (Å²) in [5.74, 6) is 8.64. The van der Waals surface area contributed by atoms with E-state index in [2.05, 4.69) is 11.8 Å². The van der Waals surface area contributed by atoms with Crippen LogP contribution in [0.15, 0.2) is 42.5 Å². The highest BCUT2D eigenvalue weighted by Crippen LogP contribution is 2.62. The minimum Gasteiger partial charge on any atom is -0.496 e. The maximum absolute atomic E-state index is 12.1. The molecule has 4 bridgehead atoms. The number of benzene rings is 2. The first-order chi connectivity index (χ1) is 14.1. The second kappa shape index (κ2) is 6.95. The fourth-order valence-corrected chi connectivity index (χ4v) is 6.66. The molecule has 3 nitrogen and oxygen atoms in total. The van der Waals surface area contributed by atoms with Crippen LogP contribution in [0.1, 0.15) is 65.6 Å². The quantitative estimate of drug-likeness (QED) is 0.732. The minimum atomic E-state index is -0.920. The van der Waals surface area contributed by atoms with Crippen LogP contribution in [0.4, 0.5) is 0 Å². The monoisotopic (exact) mass is 386 g/mol. The van der Waals surface area contributed by atoms with Crippen LogP contribution in [0, 0.1) is 29.6 Å². The molecule has 29 heavy (non-hydrogen) atoms. The van der Waals surface area contributed by atoms with Crippen molar-refractivity contribution in [2.75, 3.05) is 7.11 Å². The van der Waals surface area contributed by atoms with E-state index in [9.17, 15) is 9.90 Å². The summed E-state index contributed by atoms with van der Waals surface area (Å²) in [6.45, 7) is 0. The SMILES string of the molecule is COc1ccc(C(=O)O)c(C#Cc2ccccc2)c1C12CC3CC(CC(C3)C1)C2. The van der Waals surface area contributed by atoms with E-state index < -0.39 is 5.97 Å². The summed E-state index contributed by atoms with van der Waals surface area (Å²) in [5, 5.41) is 9.92. The Morgan fingerprint density at radius 1 is 0.966 bits per heavy atom. The predicted octanol–water partition coefficient (Wildman–Crippen LogP) is 5.26. The van der Waals surface area contributed by atoms with Crippen LogP contribution in [0.2, 0.25) is 0 Å². The first kappa shape index (κ1) is 18.3. The van der Waals surface area contributed by atoms with Crippen LogP contribution in [-0.4, -0.2) is 18.2 Å².